The number of rotatable bonds is 16. The fourth-order valence-electron chi connectivity index (χ4n) is 22.6. The second-order valence-corrected chi connectivity index (χ2v) is 32.8. The average molecular weight is 1370 g/mol. The van der Waals surface area contributed by atoms with E-state index >= 15 is 0 Å². The Morgan fingerprint density at radius 2 is 0.500 bits per heavy atom. The Hall–Kier alpha value is -5.84. The predicted molar refractivity (Wildman–Crippen MR) is 384 cm³/mol. The molecule has 20 heteroatoms. The molecule has 8 bridgehead atoms. The molecule has 544 valence electrons. The number of likely N-dealkylation sites (tertiary alicyclic amines) is 4. The summed E-state index contributed by atoms with van der Waals surface area (Å²) in [5, 5.41) is 0. The molecule has 8 saturated carbocycles. The van der Waals surface area contributed by atoms with E-state index in [-0.39, 0.29) is 22.4 Å². The van der Waals surface area contributed by atoms with E-state index in [1.165, 1.54) is 128 Å². The number of nitrogens with two attached hydrogens (primary N) is 4. The molecule has 8 aliphatic carbocycles. The lowest BCUT2D eigenvalue weighted by Crippen LogP contribution is -2.62. The van der Waals surface area contributed by atoms with Crippen LogP contribution in [-0.2, 0) is 41.4 Å². The average Bonchev–Trinajstić information content (AvgIpc) is 0.749. The van der Waals surface area contributed by atoms with Gasteiger partial charge in [-0.15, -0.1) is 0 Å². The molecule has 20 nitrogen and oxygen atoms in total. The number of nitrogens with zero attached hydrogens (tertiary/aromatic N) is 8. The van der Waals surface area contributed by atoms with E-state index in [2.05, 4.69) is 67.2 Å². The van der Waals surface area contributed by atoms with Crippen molar-refractivity contribution in [2.24, 2.45) is 93.9 Å². The lowest BCUT2D eigenvalue weighted by molar-refractivity contribution is -0.181. The standard InChI is InChI=1S/4C20H29N3O2/c4*1-13-6-7-18(13)23-11-15-4-3-5-16(12-23)20(15,25-2)14-8-9-22-17(10-14)19(21)24/h4*8-10,13,15-16,18H,3-7,11-12H2,1-2H3,(H2,21,24)/t2*13-,15?,16?,18+,20?;2*13-,15?,16?,18-,20?/m1010/s1. The fraction of sp³-hybridized carbons (Fsp3) is 0.700. The van der Waals surface area contributed by atoms with Crippen LogP contribution in [0.4, 0.5) is 0 Å². The summed E-state index contributed by atoms with van der Waals surface area (Å²) in [6.45, 7) is 18.2. The highest BCUT2D eigenvalue weighted by Crippen LogP contribution is 2.58. The van der Waals surface area contributed by atoms with Gasteiger partial charge in [-0.3, -0.25) is 58.7 Å². The molecule has 8 unspecified atom stereocenters. The van der Waals surface area contributed by atoms with E-state index in [1.807, 2.05) is 77.0 Å². The number of piperidine rings is 4. The van der Waals surface area contributed by atoms with Crippen molar-refractivity contribution in [2.75, 3.05) is 80.8 Å². The van der Waals surface area contributed by atoms with Crippen LogP contribution in [0.3, 0.4) is 0 Å². The van der Waals surface area contributed by atoms with Crippen LogP contribution in [0.2, 0.25) is 0 Å². The molecule has 4 aromatic rings. The van der Waals surface area contributed by atoms with Crippen molar-refractivity contribution in [2.45, 2.75) is 203 Å². The van der Waals surface area contributed by atoms with Gasteiger partial charge < -0.3 is 41.9 Å². The first kappa shape index (κ1) is 72.5. The van der Waals surface area contributed by atoms with Crippen LogP contribution in [0.1, 0.15) is 220 Å². The fourth-order valence-corrected chi connectivity index (χ4v) is 22.6. The van der Waals surface area contributed by atoms with Gasteiger partial charge in [-0.2, -0.15) is 0 Å². The Bertz CT molecular complexity index is 3050. The zero-order valence-electron chi connectivity index (χ0n) is 61.1. The monoisotopic (exact) mass is 1370 g/mol. The van der Waals surface area contributed by atoms with Gasteiger partial charge in [-0.1, -0.05) is 53.4 Å². The molecule has 0 aromatic carbocycles. The molecule has 8 heterocycles. The van der Waals surface area contributed by atoms with E-state index in [4.69, 9.17) is 41.9 Å². The Labute approximate surface area is 594 Å². The summed E-state index contributed by atoms with van der Waals surface area (Å²) in [5.74, 6) is 5.05. The Balaban J connectivity index is 0.000000119. The molecular formula is C80H116N12O8. The number of ether oxygens (including phenoxy) is 4. The largest absolute Gasteiger partial charge is 0.373 e. The second kappa shape index (κ2) is 30.1. The highest BCUT2D eigenvalue weighted by atomic mass is 16.5. The van der Waals surface area contributed by atoms with Gasteiger partial charge >= 0.3 is 0 Å². The summed E-state index contributed by atoms with van der Waals surface area (Å²) in [6, 6.07) is 18.5. The van der Waals surface area contributed by atoms with Crippen molar-refractivity contribution in [1.29, 1.82) is 0 Å². The van der Waals surface area contributed by atoms with Crippen molar-refractivity contribution < 1.29 is 38.1 Å². The molecule has 4 aliphatic heterocycles. The number of methoxy groups -OCH3 is 4. The first-order chi connectivity index (χ1) is 48.2. The van der Waals surface area contributed by atoms with Crippen molar-refractivity contribution >= 4 is 23.6 Å². The van der Waals surface area contributed by atoms with Crippen molar-refractivity contribution in [3.05, 3.63) is 118 Å². The maximum Gasteiger partial charge on any atom is 0.267 e. The SMILES string of the molecule is COC1(c2ccnc(C(N)=O)c2)C2CCCC1CN([C@@H]1CC[C@@H]1C)C2.COC1(c2ccnc(C(N)=O)c2)C2CCCC1CN([C@@H]1CC[C@H]1C)C2.COC1(c2ccnc(C(N)=O)c2)C2CCCC1CN([C@H]1CC[C@@H]1C)C2.COC1(c2ccnc(C(N)=O)c2)C2CCCC1CN([C@H]1CC[C@H]1C)C2. The minimum atomic E-state index is -0.473. The Morgan fingerprint density at radius 1 is 0.320 bits per heavy atom. The number of aromatic nitrogens is 4. The highest BCUT2D eigenvalue weighted by molar-refractivity contribution is 5.92. The normalized spacial score (nSPS) is 38.2. The van der Waals surface area contributed by atoms with Crippen molar-refractivity contribution in [1.82, 2.24) is 39.5 Å². The van der Waals surface area contributed by atoms with Crippen molar-refractivity contribution in [3.63, 3.8) is 0 Å². The van der Waals surface area contributed by atoms with Crippen LogP contribution in [0.15, 0.2) is 73.3 Å². The van der Waals surface area contributed by atoms with Gasteiger partial charge in [0.2, 0.25) is 0 Å². The number of hydrogen-bond donors (Lipinski definition) is 4. The van der Waals surface area contributed by atoms with E-state index in [9.17, 15) is 19.2 Å². The van der Waals surface area contributed by atoms with Crippen LogP contribution in [0.5, 0.6) is 0 Å². The van der Waals surface area contributed by atoms with Crippen LogP contribution < -0.4 is 22.9 Å². The Morgan fingerprint density at radius 3 is 0.630 bits per heavy atom. The number of amides is 4. The second-order valence-electron chi connectivity index (χ2n) is 32.8. The van der Waals surface area contributed by atoms with Crippen molar-refractivity contribution in [3.8, 4) is 0 Å². The predicted octanol–water partition coefficient (Wildman–Crippen LogP) is 10.2. The quantitative estimate of drug-likeness (QED) is 0.0812. The number of carbonyl (C=O) groups is 4. The van der Waals surface area contributed by atoms with Gasteiger partial charge in [0, 0.05) is 177 Å². The molecule has 4 aromatic heterocycles. The lowest BCUT2D eigenvalue weighted by Gasteiger charge is -2.58. The molecule has 8 N–H and O–H groups in total. The van der Waals surface area contributed by atoms with E-state index in [1.54, 1.807) is 24.8 Å². The van der Waals surface area contributed by atoms with E-state index in [0.29, 0.717) is 70.1 Å². The molecule has 4 amide bonds. The third kappa shape index (κ3) is 13.1. The van der Waals surface area contributed by atoms with Gasteiger partial charge in [-0.25, -0.2) is 0 Å². The molecule has 12 aliphatic rings. The summed E-state index contributed by atoms with van der Waals surface area (Å²) in [5.41, 5.74) is 26.3. The van der Waals surface area contributed by atoms with Gasteiger partial charge in [0.25, 0.3) is 23.6 Å². The summed E-state index contributed by atoms with van der Waals surface area (Å²) in [6.07, 6.45) is 32.1. The van der Waals surface area contributed by atoms with Gasteiger partial charge in [0.1, 0.15) is 45.2 Å². The van der Waals surface area contributed by atoms with E-state index in [0.717, 1.165) is 122 Å². The molecule has 16 rings (SSSR count). The zero-order chi connectivity index (χ0) is 70.4. The third-order valence-corrected chi connectivity index (χ3v) is 28.3. The molecule has 100 heavy (non-hydrogen) atoms. The van der Waals surface area contributed by atoms with Crippen LogP contribution in [0.25, 0.3) is 0 Å². The number of pyridine rings is 4. The first-order valence-electron chi connectivity index (χ1n) is 38.5. The van der Waals surface area contributed by atoms with Gasteiger partial charge in [0.15, 0.2) is 0 Å². The summed E-state index contributed by atoms with van der Waals surface area (Å²) < 4.78 is 25.1. The topological polar surface area (TPSA) is 274 Å². The maximum atomic E-state index is 11.6. The number of carbonyl (C=O) groups excluding carboxylic acids is 4. The molecule has 12 fully saturated rings. The van der Waals surface area contributed by atoms with Crippen LogP contribution in [0, 0.1) is 71.0 Å². The molecular weight excluding hydrogens is 1260 g/mol. The maximum absolute atomic E-state index is 11.6. The number of fused-ring (bicyclic) bond motifs is 8. The van der Waals surface area contributed by atoms with Gasteiger partial charge in [-0.05, 0) is 197 Å². The summed E-state index contributed by atoms with van der Waals surface area (Å²) in [4.78, 5) is 73.8. The summed E-state index contributed by atoms with van der Waals surface area (Å²) in [7, 11) is 7.32. The smallest absolute Gasteiger partial charge is 0.267 e. The van der Waals surface area contributed by atoms with Crippen LogP contribution >= 0.6 is 0 Å². The first-order valence-corrected chi connectivity index (χ1v) is 38.5. The van der Waals surface area contributed by atoms with Crippen LogP contribution in [-0.4, -0.2) is 168 Å². The Kier molecular flexibility index (Phi) is 21.8. The zero-order valence-corrected chi connectivity index (χ0v) is 61.1. The minimum Gasteiger partial charge on any atom is -0.373 e. The third-order valence-electron chi connectivity index (χ3n) is 28.3. The van der Waals surface area contributed by atoms with Gasteiger partial charge in [0.05, 0.1) is 0 Å². The van der Waals surface area contributed by atoms with E-state index < -0.39 is 23.6 Å². The molecule has 0 spiro atoms. The highest BCUT2D eigenvalue weighted by Gasteiger charge is 2.59. The summed E-state index contributed by atoms with van der Waals surface area (Å²) >= 11 is 0. The minimum absolute atomic E-state index is 0.311. The molecule has 16 atom stereocenters. The molecule has 4 saturated heterocycles. The lowest BCUT2D eigenvalue weighted by atomic mass is 9.61. The molecule has 0 radical (unpaired) electrons. The number of primary amides is 4. The number of hydrogen-bond acceptors (Lipinski definition) is 16.